The molecule has 0 aliphatic heterocycles. The number of phenolic OH excluding ortho intramolecular Hbond substituents is 2. The summed E-state index contributed by atoms with van der Waals surface area (Å²) in [6, 6.07) is 9.62. The molecule has 2 aromatic rings. The minimum absolute atomic E-state index is 0.0213. The number of carbonyl (C=O) groups excluding carboxylic acids is 1. The topological polar surface area (TPSA) is 188 Å². The van der Waals surface area contributed by atoms with Crippen LogP contribution in [0.25, 0.3) is 0 Å². The Morgan fingerprint density at radius 1 is 0.707 bits per heavy atom. The first-order chi connectivity index (χ1) is 19.3. The van der Waals surface area contributed by atoms with Gasteiger partial charge in [0.2, 0.25) is 5.91 Å². The average molecular weight is 574 g/mol. The number of amides is 1. The van der Waals surface area contributed by atoms with Gasteiger partial charge in [-0.25, -0.2) is 0 Å². The van der Waals surface area contributed by atoms with Crippen LogP contribution < -0.4 is 5.32 Å². The van der Waals surface area contributed by atoms with E-state index in [1.165, 1.54) is 17.0 Å². The molecule has 0 aliphatic rings. The van der Waals surface area contributed by atoms with Crippen LogP contribution in [0.15, 0.2) is 36.4 Å². The molecule has 2 rings (SSSR count). The van der Waals surface area contributed by atoms with Crippen molar-refractivity contribution < 1.29 is 44.7 Å². The Bertz CT molecular complexity index is 1220. The Morgan fingerprint density at radius 3 is 1.54 bits per heavy atom. The Labute approximate surface area is 238 Å². The molecule has 1 amide bonds. The molecule has 0 spiro atoms. The first kappa shape index (κ1) is 33.0. The molecule has 0 saturated heterocycles. The van der Waals surface area contributed by atoms with Crippen LogP contribution in [0.4, 0.5) is 0 Å². The predicted molar refractivity (Wildman–Crippen MR) is 150 cm³/mol. The van der Waals surface area contributed by atoms with E-state index in [0.717, 1.165) is 5.56 Å². The normalized spacial score (nSPS) is 11.2. The lowest BCUT2D eigenvalue weighted by atomic mass is 10.0. The second kappa shape index (κ2) is 16.2. The van der Waals surface area contributed by atoms with Gasteiger partial charge in [0.25, 0.3) is 0 Å². The summed E-state index contributed by atoms with van der Waals surface area (Å²) in [5.41, 5.74) is 2.38. The van der Waals surface area contributed by atoms with Gasteiger partial charge in [-0.15, -0.1) is 0 Å². The highest BCUT2D eigenvalue weighted by molar-refractivity contribution is 5.76. The number of hydrogen-bond donors (Lipinski definition) is 6. The molecule has 0 atom stereocenters. The molecule has 224 valence electrons. The van der Waals surface area contributed by atoms with Gasteiger partial charge >= 0.3 is 17.9 Å². The summed E-state index contributed by atoms with van der Waals surface area (Å²) in [5, 5.41) is 51.4. The van der Waals surface area contributed by atoms with E-state index in [9.17, 15) is 39.6 Å². The molecule has 0 heterocycles. The van der Waals surface area contributed by atoms with Crippen LogP contribution in [0.5, 0.6) is 11.5 Å². The standard InChI is InChI=1S/C29H39N3O9/c1-19(2)30-26(35)9-5-20-3-7-24(33)22(13-20)15-31(17-28(38)39)11-12-32(18-29(40)41)16-23-14-21(4-8-25(23)34)6-10-27(36)37/h3-4,7-8,13-14,19,33-34H,5-6,9-12,15-18H2,1-2H3,(H,30,35)(H,36,37)(H,38,39)(H,40,41). The third-order valence-electron chi connectivity index (χ3n) is 6.24. The largest absolute Gasteiger partial charge is 0.508 e. The second-order valence-electron chi connectivity index (χ2n) is 10.3. The monoisotopic (exact) mass is 573 g/mol. The van der Waals surface area contributed by atoms with E-state index in [1.54, 1.807) is 29.2 Å². The summed E-state index contributed by atoms with van der Waals surface area (Å²) in [6.07, 6.45) is 0.854. The third-order valence-corrected chi connectivity index (χ3v) is 6.24. The van der Waals surface area contributed by atoms with E-state index in [4.69, 9.17) is 5.11 Å². The van der Waals surface area contributed by atoms with Crippen molar-refractivity contribution in [3.05, 3.63) is 58.7 Å². The summed E-state index contributed by atoms with van der Waals surface area (Å²) >= 11 is 0. The first-order valence-corrected chi connectivity index (χ1v) is 13.3. The molecule has 6 N–H and O–H groups in total. The number of nitrogens with zero attached hydrogens (tertiary/aromatic N) is 2. The maximum atomic E-state index is 12.0. The number of aromatic hydroxyl groups is 2. The van der Waals surface area contributed by atoms with Gasteiger partial charge in [-0.2, -0.15) is 0 Å². The lowest BCUT2D eigenvalue weighted by molar-refractivity contribution is -0.140. The minimum Gasteiger partial charge on any atom is -0.508 e. The number of carboxylic acid groups (broad SMARTS) is 3. The van der Waals surface area contributed by atoms with Gasteiger partial charge in [-0.1, -0.05) is 24.3 Å². The molecule has 2 aromatic carbocycles. The van der Waals surface area contributed by atoms with Crippen molar-refractivity contribution in [2.75, 3.05) is 26.2 Å². The van der Waals surface area contributed by atoms with Crippen molar-refractivity contribution in [2.45, 2.75) is 58.7 Å². The Hall–Kier alpha value is -4.16. The number of aryl methyl sites for hydroxylation is 2. The molecular weight excluding hydrogens is 534 g/mol. The van der Waals surface area contributed by atoms with Crippen LogP contribution in [-0.2, 0) is 45.1 Å². The maximum Gasteiger partial charge on any atom is 0.317 e. The van der Waals surface area contributed by atoms with Crippen LogP contribution in [0.2, 0.25) is 0 Å². The van der Waals surface area contributed by atoms with Crippen molar-refractivity contribution in [2.24, 2.45) is 0 Å². The smallest absolute Gasteiger partial charge is 0.317 e. The van der Waals surface area contributed by atoms with Crippen molar-refractivity contribution in [1.82, 2.24) is 15.1 Å². The van der Waals surface area contributed by atoms with Crippen LogP contribution in [-0.4, -0.2) is 91.4 Å². The molecule has 12 nitrogen and oxygen atoms in total. The van der Waals surface area contributed by atoms with Crippen molar-refractivity contribution >= 4 is 23.8 Å². The number of phenols is 2. The van der Waals surface area contributed by atoms with Gasteiger partial charge < -0.3 is 30.8 Å². The fraction of sp³-hybridized carbons (Fsp3) is 0.448. The van der Waals surface area contributed by atoms with E-state index in [0.29, 0.717) is 23.1 Å². The predicted octanol–water partition coefficient (Wildman–Crippen LogP) is 2.05. The average Bonchev–Trinajstić information content (AvgIpc) is 2.86. The van der Waals surface area contributed by atoms with Gasteiger partial charge in [-0.05, 0) is 49.9 Å². The molecule has 0 aliphatic carbocycles. The molecule has 0 unspecified atom stereocenters. The van der Waals surface area contributed by atoms with E-state index in [2.05, 4.69) is 5.32 Å². The number of aliphatic carboxylic acids is 3. The highest BCUT2D eigenvalue weighted by atomic mass is 16.4. The van der Waals surface area contributed by atoms with Gasteiger partial charge in [-0.3, -0.25) is 29.0 Å². The number of nitrogens with one attached hydrogen (secondary N) is 1. The molecule has 0 fully saturated rings. The summed E-state index contributed by atoms with van der Waals surface area (Å²) in [5.74, 6) is -3.35. The maximum absolute atomic E-state index is 12.0. The van der Waals surface area contributed by atoms with Crippen LogP contribution in [0.1, 0.15) is 48.9 Å². The number of hydrogen-bond acceptors (Lipinski definition) is 8. The van der Waals surface area contributed by atoms with Crippen molar-refractivity contribution in [3.8, 4) is 11.5 Å². The van der Waals surface area contributed by atoms with Crippen LogP contribution in [0, 0.1) is 0 Å². The zero-order valence-corrected chi connectivity index (χ0v) is 23.4. The molecule has 0 bridgehead atoms. The summed E-state index contributed by atoms with van der Waals surface area (Å²) in [7, 11) is 0. The minimum atomic E-state index is -1.11. The molecule has 0 radical (unpaired) electrons. The van der Waals surface area contributed by atoms with Crippen LogP contribution in [0.3, 0.4) is 0 Å². The zero-order valence-electron chi connectivity index (χ0n) is 23.4. The number of rotatable bonds is 18. The Kier molecular flexibility index (Phi) is 13.0. The van der Waals surface area contributed by atoms with Crippen LogP contribution >= 0.6 is 0 Å². The summed E-state index contributed by atoms with van der Waals surface area (Å²) in [6.45, 7) is 3.38. The lowest BCUT2D eigenvalue weighted by Gasteiger charge is -2.26. The fourth-order valence-corrected chi connectivity index (χ4v) is 4.32. The second-order valence-corrected chi connectivity index (χ2v) is 10.3. The van der Waals surface area contributed by atoms with Gasteiger partial charge in [0.1, 0.15) is 11.5 Å². The third kappa shape index (κ3) is 12.7. The highest BCUT2D eigenvalue weighted by Gasteiger charge is 2.18. The zero-order chi connectivity index (χ0) is 30.5. The van der Waals surface area contributed by atoms with Crippen molar-refractivity contribution in [3.63, 3.8) is 0 Å². The Balaban J connectivity index is 2.15. The molecule has 0 aromatic heterocycles. The van der Waals surface area contributed by atoms with E-state index >= 15 is 0 Å². The summed E-state index contributed by atoms with van der Waals surface area (Å²) < 4.78 is 0. The van der Waals surface area contributed by atoms with Gasteiger partial charge in [0, 0.05) is 56.2 Å². The molecular formula is C29H39N3O9. The fourth-order valence-electron chi connectivity index (χ4n) is 4.32. The van der Waals surface area contributed by atoms with Crippen molar-refractivity contribution in [1.29, 1.82) is 0 Å². The lowest BCUT2D eigenvalue weighted by Crippen LogP contribution is -2.39. The molecule has 0 saturated carbocycles. The number of carbonyl (C=O) groups is 4. The first-order valence-electron chi connectivity index (χ1n) is 13.3. The molecule has 41 heavy (non-hydrogen) atoms. The SMILES string of the molecule is CC(C)NC(=O)CCc1ccc(O)c(CN(CCN(CC(=O)O)Cc2cc(CCC(=O)O)ccc2O)CC(=O)O)c1. The van der Waals surface area contributed by atoms with E-state index in [1.807, 2.05) is 13.8 Å². The van der Waals surface area contributed by atoms with Gasteiger partial charge in [0.15, 0.2) is 0 Å². The number of benzene rings is 2. The highest BCUT2D eigenvalue weighted by Crippen LogP contribution is 2.23. The summed E-state index contributed by atoms with van der Waals surface area (Å²) in [4.78, 5) is 49.2. The Morgan fingerprint density at radius 2 is 1.15 bits per heavy atom. The van der Waals surface area contributed by atoms with Gasteiger partial charge in [0.05, 0.1) is 13.1 Å². The quantitative estimate of drug-likeness (QED) is 0.153. The molecule has 12 heteroatoms. The van der Waals surface area contributed by atoms with E-state index in [-0.39, 0.29) is 82.0 Å². The van der Waals surface area contributed by atoms with E-state index < -0.39 is 17.9 Å². The number of carboxylic acids is 3.